The van der Waals surface area contributed by atoms with Crippen molar-refractivity contribution < 1.29 is 9.47 Å². The molecule has 0 bridgehead atoms. The van der Waals surface area contributed by atoms with E-state index in [1.54, 1.807) is 18.9 Å². The van der Waals surface area contributed by atoms with Gasteiger partial charge in [-0.1, -0.05) is 60.3 Å². The average Bonchev–Trinajstić information content (AvgIpc) is 3.37. The number of nitrogens with zero attached hydrogens (tertiary/aromatic N) is 4. The third kappa shape index (κ3) is 3.96. The Kier molecular flexibility index (Phi) is 5.50. The second-order valence-electron chi connectivity index (χ2n) is 7.05. The summed E-state index contributed by atoms with van der Waals surface area (Å²) in [4.78, 5) is 0. The van der Waals surface area contributed by atoms with Gasteiger partial charge in [-0.3, -0.25) is 4.40 Å². The van der Waals surface area contributed by atoms with Crippen molar-refractivity contribution in [2.75, 3.05) is 19.5 Å². The van der Waals surface area contributed by atoms with Gasteiger partial charge in [0.1, 0.15) is 11.5 Å². The van der Waals surface area contributed by atoms with Crippen LogP contribution in [0.5, 0.6) is 11.5 Å². The van der Waals surface area contributed by atoms with E-state index in [4.69, 9.17) is 9.47 Å². The molecule has 0 spiro atoms. The van der Waals surface area contributed by atoms with Crippen molar-refractivity contribution in [3.8, 4) is 11.5 Å². The van der Waals surface area contributed by atoms with Crippen LogP contribution in [-0.4, -0.2) is 38.6 Å². The van der Waals surface area contributed by atoms with E-state index in [2.05, 4.69) is 67.7 Å². The molecule has 0 atom stereocenters. The highest BCUT2D eigenvalue weighted by atomic mass is 32.2. The van der Waals surface area contributed by atoms with Crippen molar-refractivity contribution in [1.82, 2.24) is 19.2 Å². The monoisotopic (exact) mass is 430 g/mol. The second-order valence-corrected chi connectivity index (χ2v) is 8.12. The number of thioether (sulfide) groups is 1. The molecule has 0 radical (unpaired) electrons. The van der Waals surface area contributed by atoms with Crippen molar-refractivity contribution in [3.63, 3.8) is 0 Å². The molecule has 5 aromatic rings. The van der Waals surface area contributed by atoms with Gasteiger partial charge in [0.05, 0.1) is 31.3 Å². The Morgan fingerprint density at radius 1 is 0.839 bits per heavy atom. The highest BCUT2D eigenvalue weighted by molar-refractivity contribution is 7.99. The van der Waals surface area contributed by atoms with Crippen LogP contribution < -0.4 is 9.47 Å². The molecule has 3 aromatic carbocycles. The Bertz CT molecular complexity index is 1310. The van der Waals surface area contributed by atoms with Crippen LogP contribution in [0.3, 0.4) is 0 Å². The van der Waals surface area contributed by atoms with Crippen molar-refractivity contribution in [1.29, 1.82) is 0 Å². The summed E-state index contributed by atoms with van der Waals surface area (Å²) in [5, 5.41) is 9.84. The predicted molar refractivity (Wildman–Crippen MR) is 123 cm³/mol. The SMILES string of the molecule is COc1cccc(OCCSc2nnc3n(Cc4ccccc4)c4ccccc4n23)c1. The molecule has 0 aliphatic heterocycles. The zero-order valence-corrected chi connectivity index (χ0v) is 18.0. The fraction of sp³-hybridized carbons (Fsp3) is 0.167. The number of fused-ring (bicyclic) bond motifs is 3. The van der Waals surface area contributed by atoms with E-state index in [0.29, 0.717) is 6.61 Å². The maximum atomic E-state index is 5.87. The Balaban J connectivity index is 1.37. The Labute approximate surface area is 184 Å². The van der Waals surface area contributed by atoms with E-state index in [1.165, 1.54) is 5.56 Å². The molecule has 6 nitrogen and oxygen atoms in total. The van der Waals surface area contributed by atoms with Gasteiger partial charge in [0.15, 0.2) is 5.16 Å². The van der Waals surface area contributed by atoms with Gasteiger partial charge in [-0.2, -0.15) is 0 Å². The lowest BCUT2D eigenvalue weighted by Crippen LogP contribution is -2.01. The summed E-state index contributed by atoms with van der Waals surface area (Å²) in [6.45, 7) is 1.31. The molecule has 0 saturated carbocycles. The van der Waals surface area contributed by atoms with Crippen LogP contribution in [0.4, 0.5) is 0 Å². The summed E-state index contributed by atoms with van der Waals surface area (Å²) in [6, 6.07) is 26.4. The molecule has 2 aromatic heterocycles. The zero-order valence-electron chi connectivity index (χ0n) is 17.1. The van der Waals surface area contributed by atoms with E-state index in [0.717, 1.165) is 45.8 Å². The molecule has 31 heavy (non-hydrogen) atoms. The summed E-state index contributed by atoms with van der Waals surface area (Å²) < 4.78 is 15.5. The van der Waals surface area contributed by atoms with Crippen molar-refractivity contribution in [2.45, 2.75) is 11.7 Å². The van der Waals surface area contributed by atoms with Crippen LogP contribution in [0.15, 0.2) is 84.0 Å². The van der Waals surface area contributed by atoms with Gasteiger partial charge in [-0.25, -0.2) is 0 Å². The summed E-state index contributed by atoms with van der Waals surface area (Å²) in [5.41, 5.74) is 3.48. The van der Waals surface area contributed by atoms with E-state index < -0.39 is 0 Å². The van der Waals surface area contributed by atoms with Crippen LogP contribution in [0, 0.1) is 0 Å². The van der Waals surface area contributed by atoms with Crippen LogP contribution in [-0.2, 0) is 6.54 Å². The van der Waals surface area contributed by atoms with Crippen LogP contribution in [0.1, 0.15) is 5.56 Å². The molecule has 2 heterocycles. The third-order valence-electron chi connectivity index (χ3n) is 5.08. The maximum absolute atomic E-state index is 5.87. The minimum Gasteiger partial charge on any atom is -0.497 e. The molecule has 5 rings (SSSR count). The number of aromatic nitrogens is 4. The maximum Gasteiger partial charge on any atom is 0.237 e. The number of para-hydroxylation sites is 2. The first-order valence-electron chi connectivity index (χ1n) is 10.1. The topological polar surface area (TPSA) is 53.6 Å². The number of hydrogen-bond acceptors (Lipinski definition) is 5. The number of hydrogen-bond donors (Lipinski definition) is 0. The van der Waals surface area contributed by atoms with Gasteiger partial charge in [0.2, 0.25) is 5.78 Å². The molecular formula is C24H22N4O2S. The molecule has 156 valence electrons. The summed E-state index contributed by atoms with van der Waals surface area (Å²) in [5.74, 6) is 3.19. The number of methoxy groups -OCH3 is 1. The minimum atomic E-state index is 0.565. The minimum absolute atomic E-state index is 0.565. The first-order chi connectivity index (χ1) is 15.3. The smallest absolute Gasteiger partial charge is 0.237 e. The molecule has 0 unspecified atom stereocenters. The van der Waals surface area contributed by atoms with Gasteiger partial charge in [0, 0.05) is 11.8 Å². The summed E-state index contributed by atoms with van der Waals surface area (Å²) in [6.07, 6.45) is 0. The Morgan fingerprint density at radius 2 is 1.61 bits per heavy atom. The number of imidazole rings is 1. The van der Waals surface area contributed by atoms with Crippen molar-refractivity contribution >= 4 is 28.6 Å². The summed E-state index contributed by atoms with van der Waals surface area (Å²) in [7, 11) is 1.65. The van der Waals surface area contributed by atoms with E-state index >= 15 is 0 Å². The van der Waals surface area contributed by atoms with Gasteiger partial charge in [-0.15, -0.1) is 10.2 Å². The zero-order chi connectivity index (χ0) is 21.0. The molecule has 7 heteroatoms. The Morgan fingerprint density at radius 3 is 2.45 bits per heavy atom. The van der Waals surface area contributed by atoms with Gasteiger partial charge < -0.3 is 14.0 Å². The standard InChI is InChI=1S/C24H22N4O2S/c1-29-19-10-7-11-20(16-19)30-14-15-31-24-26-25-23-27(17-18-8-3-2-4-9-18)21-12-5-6-13-22(21)28(23)24/h2-13,16H,14-15,17H2,1H3. The van der Waals surface area contributed by atoms with Crippen LogP contribution in [0.25, 0.3) is 16.8 Å². The van der Waals surface area contributed by atoms with Gasteiger partial charge in [-0.05, 0) is 29.8 Å². The Hall–Kier alpha value is -3.45. The van der Waals surface area contributed by atoms with Crippen LogP contribution >= 0.6 is 11.8 Å². The third-order valence-corrected chi connectivity index (χ3v) is 5.97. The van der Waals surface area contributed by atoms with Crippen molar-refractivity contribution in [3.05, 3.63) is 84.4 Å². The predicted octanol–water partition coefficient (Wildman–Crippen LogP) is 4.91. The average molecular weight is 431 g/mol. The largest absolute Gasteiger partial charge is 0.497 e. The molecule has 0 N–H and O–H groups in total. The lowest BCUT2D eigenvalue weighted by atomic mass is 10.2. The fourth-order valence-corrected chi connectivity index (χ4v) is 4.39. The summed E-state index contributed by atoms with van der Waals surface area (Å²) >= 11 is 1.64. The number of benzene rings is 3. The first-order valence-corrected chi connectivity index (χ1v) is 11.1. The highest BCUT2D eigenvalue weighted by Gasteiger charge is 2.17. The first kappa shape index (κ1) is 19.5. The van der Waals surface area contributed by atoms with E-state index in [-0.39, 0.29) is 0 Å². The van der Waals surface area contributed by atoms with E-state index in [9.17, 15) is 0 Å². The number of rotatable bonds is 8. The molecule has 0 amide bonds. The molecule has 0 aliphatic carbocycles. The molecule has 0 aliphatic rings. The normalized spacial score (nSPS) is 11.3. The molecule has 0 saturated heterocycles. The quantitative estimate of drug-likeness (QED) is 0.259. The highest BCUT2D eigenvalue weighted by Crippen LogP contribution is 2.27. The number of ether oxygens (including phenoxy) is 2. The second kappa shape index (κ2) is 8.73. The molecule has 0 fully saturated rings. The lowest BCUT2D eigenvalue weighted by Gasteiger charge is -2.07. The van der Waals surface area contributed by atoms with Crippen LogP contribution in [0.2, 0.25) is 0 Å². The van der Waals surface area contributed by atoms with E-state index in [1.807, 2.05) is 30.3 Å². The van der Waals surface area contributed by atoms with Gasteiger partial charge >= 0.3 is 0 Å². The van der Waals surface area contributed by atoms with Crippen molar-refractivity contribution in [2.24, 2.45) is 0 Å². The van der Waals surface area contributed by atoms with Gasteiger partial charge in [0.25, 0.3) is 0 Å². The molecular weight excluding hydrogens is 408 g/mol. The lowest BCUT2D eigenvalue weighted by molar-refractivity contribution is 0.339. The fourth-order valence-electron chi connectivity index (χ4n) is 3.64.